The molecule has 0 atom stereocenters. The number of benzene rings is 2. The van der Waals surface area contributed by atoms with Gasteiger partial charge in [0.2, 0.25) is 0 Å². The number of rotatable bonds is 4. The third-order valence-electron chi connectivity index (χ3n) is 4.84. The average molecular weight is 439 g/mol. The Morgan fingerprint density at radius 2 is 1.71 bits per heavy atom. The van der Waals surface area contributed by atoms with Gasteiger partial charge in [-0.05, 0) is 42.5 Å². The Morgan fingerprint density at radius 3 is 2.39 bits per heavy atom. The molecule has 31 heavy (non-hydrogen) atoms. The van der Waals surface area contributed by atoms with Crippen LogP contribution in [0.25, 0.3) is 11.2 Å². The fourth-order valence-electron chi connectivity index (χ4n) is 3.13. The number of hydrogen-bond donors (Lipinski definition) is 1. The van der Waals surface area contributed by atoms with Crippen LogP contribution in [0.3, 0.4) is 0 Å². The minimum absolute atomic E-state index is 0.227. The summed E-state index contributed by atoms with van der Waals surface area (Å²) in [6.07, 6.45) is 0. The van der Waals surface area contributed by atoms with E-state index in [0.717, 1.165) is 9.46 Å². The highest BCUT2D eigenvalue weighted by atomic mass is 32.2. The standard InChI is InChI=1S/C21H18FN5O3S/c1-25-16-17(26(2)21(30)27(3)19(16)29)24-20(25)31-15-9-7-14(8-10-15)23-18(28)12-5-4-6-13(22)11-12/h4-11H,1-3H3,(H,23,28). The summed E-state index contributed by atoms with van der Waals surface area (Å²) in [4.78, 5) is 42.2. The van der Waals surface area contributed by atoms with Crippen LogP contribution in [-0.4, -0.2) is 24.6 Å². The molecule has 0 spiro atoms. The maximum absolute atomic E-state index is 13.3. The van der Waals surface area contributed by atoms with Crippen molar-refractivity contribution in [3.63, 3.8) is 0 Å². The molecule has 8 nitrogen and oxygen atoms in total. The van der Waals surface area contributed by atoms with Crippen LogP contribution in [0.1, 0.15) is 10.4 Å². The molecular weight excluding hydrogens is 421 g/mol. The summed E-state index contributed by atoms with van der Waals surface area (Å²) in [6, 6.07) is 12.5. The predicted molar refractivity (Wildman–Crippen MR) is 116 cm³/mol. The Bertz CT molecular complexity index is 1440. The summed E-state index contributed by atoms with van der Waals surface area (Å²) >= 11 is 1.32. The number of aryl methyl sites for hydroxylation is 2. The van der Waals surface area contributed by atoms with E-state index in [0.29, 0.717) is 22.0 Å². The molecule has 2 aromatic carbocycles. The van der Waals surface area contributed by atoms with E-state index in [9.17, 15) is 18.8 Å². The zero-order valence-electron chi connectivity index (χ0n) is 16.9. The van der Waals surface area contributed by atoms with Crippen molar-refractivity contribution in [2.24, 2.45) is 21.1 Å². The van der Waals surface area contributed by atoms with Crippen molar-refractivity contribution < 1.29 is 9.18 Å². The molecule has 0 fully saturated rings. The van der Waals surface area contributed by atoms with Gasteiger partial charge in [0.05, 0.1) is 0 Å². The highest BCUT2D eigenvalue weighted by molar-refractivity contribution is 7.99. The average Bonchev–Trinajstić information content (AvgIpc) is 3.08. The number of anilines is 1. The van der Waals surface area contributed by atoms with Gasteiger partial charge in [-0.1, -0.05) is 17.8 Å². The molecule has 1 amide bonds. The van der Waals surface area contributed by atoms with E-state index in [2.05, 4.69) is 10.3 Å². The molecule has 0 saturated carbocycles. The Labute approximate surface area is 180 Å². The van der Waals surface area contributed by atoms with Gasteiger partial charge in [-0.3, -0.25) is 18.7 Å². The number of imidazole rings is 1. The second kappa shape index (κ2) is 7.88. The second-order valence-electron chi connectivity index (χ2n) is 6.92. The molecule has 0 aliphatic rings. The molecule has 0 radical (unpaired) electrons. The maximum Gasteiger partial charge on any atom is 0.332 e. The Balaban J connectivity index is 1.58. The van der Waals surface area contributed by atoms with Crippen LogP contribution in [-0.2, 0) is 21.1 Å². The number of halogens is 1. The van der Waals surface area contributed by atoms with Gasteiger partial charge in [-0.15, -0.1) is 0 Å². The van der Waals surface area contributed by atoms with Gasteiger partial charge in [0.25, 0.3) is 11.5 Å². The first-order chi connectivity index (χ1) is 14.8. The van der Waals surface area contributed by atoms with E-state index in [-0.39, 0.29) is 5.56 Å². The summed E-state index contributed by atoms with van der Waals surface area (Å²) in [7, 11) is 4.72. The first kappa shape index (κ1) is 20.6. The number of aromatic nitrogens is 4. The highest BCUT2D eigenvalue weighted by Gasteiger charge is 2.17. The van der Waals surface area contributed by atoms with Crippen molar-refractivity contribution in [1.82, 2.24) is 18.7 Å². The van der Waals surface area contributed by atoms with E-state index in [1.54, 1.807) is 42.9 Å². The van der Waals surface area contributed by atoms with Gasteiger partial charge < -0.3 is 9.88 Å². The monoisotopic (exact) mass is 439 g/mol. The van der Waals surface area contributed by atoms with Crippen molar-refractivity contribution in [3.05, 3.63) is 80.7 Å². The maximum atomic E-state index is 13.3. The SMILES string of the molecule is Cn1c(=O)c2c(nc(Sc3ccc(NC(=O)c4cccc(F)c4)cc3)n2C)n(C)c1=O. The normalized spacial score (nSPS) is 11.1. The topological polar surface area (TPSA) is 90.9 Å². The molecular formula is C21H18FN5O3S. The quantitative estimate of drug-likeness (QED) is 0.528. The van der Waals surface area contributed by atoms with E-state index in [1.807, 2.05) is 0 Å². The largest absolute Gasteiger partial charge is 0.332 e. The van der Waals surface area contributed by atoms with Crippen LogP contribution < -0.4 is 16.6 Å². The van der Waals surface area contributed by atoms with Crippen LogP contribution in [0.5, 0.6) is 0 Å². The fraction of sp³-hybridized carbons (Fsp3) is 0.143. The third kappa shape index (κ3) is 3.77. The van der Waals surface area contributed by atoms with Crippen molar-refractivity contribution in [3.8, 4) is 0 Å². The van der Waals surface area contributed by atoms with E-state index in [4.69, 9.17) is 0 Å². The molecule has 4 aromatic rings. The van der Waals surface area contributed by atoms with Crippen molar-refractivity contribution >= 4 is 34.5 Å². The van der Waals surface area contributed by atoms with Crippen molar-refractivity contribution in [2.45, 2.75) is 10.1 Å². The Kier molecular flexibility index (Phi) is 5.24. The van der Waals surface area contributed by atoms with Gasteiger partial charge in [0.15, 0.2) is 16.3 Å². The van der Waals surface area contributed by atoms with Crippen LogP contribution in [0.2, 0.25) is 0 Å². The van der Waals surface area contributed by atoms with Crippen molar-refractivity contribution in [1.29, 1.82) is 0 Å². The Hall–Kier alpha value is -3.66. The summed E-state index contributed by atoms with van der Waals surface area (Å²) in [5.74, 6) is -0.888. The summed E-state index contributed by atoms with van der Waals surface area (Å²) in [5.41, 5.74) is 0.592. The third-order valence-corrected chi connectivity index (χ3v) is 5.90. The molecule has 1 N–H and O–H groups in total. The smallest absolute Gasteiger partial charge is 0.322 e. The lowest BCUT2D eigenvalue weighted by Gasteiger charge is -2.07. The molecule has 0 saturated heterocycles. The number of hydrogen-bond acceptors (Lipinski definition) is 5. The van der Waals surface area contributed by atoms with Gasteiger partial charge in [0.1, 0.15) is 5.82 Å². The van der Waals surface area contributed by atoms with Crippen LogP contribution in [0.15, 0.2) is 68.2 Å². The number of nitrogens with one attached hydrogen (secondary N) is 1. The van der Waals surface area contributed by atoms with Gasteiger partial charge in [-0.25, -0.2) is 14.2 Å². The minimum Gasteiger partial charge on any atom is -0.322 e. The number of nitrogens with zero attached hydrogens (tertiary/aromatic N) is 4. The fourth-order valence-corrected chi connectivity index (χ4v) is 3.98. The van der Waals surface area contributed by atoms with E-state index < -0.39 is 23.0 Å². The Morgan fingerprint density at radius 1 is 1.00 bits per heavy atom. The van der Waals surface area contributed by atoms with Crippen LogP contribution >= 0.6 is 11.8 Å². The zero-order chi connectivity index (χ0) is 22.3. The second-order valence-corrected chi connectivity index (χ2v) is 7.96. The van der Waals surface area contributed by atoms with Crippen molar-refractivity contribution in [2.75, 3.05) is 5.32 Å². The molecule has 10 heteroatoms. The molecule has 2 aromatic heterocycles. The zero-order valence-corrected chi connectivity index (χ0v) is 17.7. The van der Waals surface area contributed by atoms with Gasteiger partial charge in [-0.2, -0.15) is 0 Å². The molecule has 4 rings (SSSR count). The van der Waals surface area contributed by atoms with Crippen LogP contribution in [0, 0.1) is 5.82 Å². The highest BCUT2D eigenvalue weighted by Crippen LogP contribution is 2.29. The lowest BCUT2D eigenvalue weighted by molar-refractivity contribution is 0.102. The number of carbonyl (C=O) groups is 1. The van der Waals surface area contributed by atoms with E-state index >= 15 is 0 Å². The minimum atomic E-state index is -0.478. The summed E-state index contributed by atoms with van der Waals surface area (Å²) in [6.45, 7) is 0. The molecule has 158 valence electrons. The molecule has 0 aliphatic heterocycles. The predicted octanol–water partition coefficient (Wildman–Crippen LogP) is 2.51. The lowest BCUT2D eigenvalue weighted by Crippen LogP contribution is -2.37. The first-order valence-electron chi connectivity index (χ1n) is 9.23. The summed E-state index contributed by atoms with van der Waals surface area (Å²) in [5, 5.41) is 3.27. The lowest BCUT2D eigenvalue weighted by atomic mass is 10.2. The molecule has 0 unspecified atom stereocenters. The number of carbonyl (C=O) groups excluding carboxylic acids is 1. The van der Waals surface area contributed by atoms with Gasteiger partial charge in [0, 0.05) is 37.3 Å². The number of amides is 1. The van der Waals surface area contributed by atoms with Crippen LogP contribution in [0.4, 0.5) is 10.1 Å². The summed E-state index contributed by atoms with van der Waals surface area (Å²) < 4.78 is 17.3. The molecule has 0 aliphatic carbocycles. The molecule has 2 heterocycles. The molecule has 0 bridgehead atoms. The van der Waals surface area contributed by atoms with E-state index in [1.165, 1.54) is 47.6 Å². The first-order valence-corrected chi connectivity index (χ1v) is 10.0. The number of fused-ring (bicyclic) bond motifs is 1. The van der Waals surface area contributed by atoms with Gasteiger partial charge >= 0.3 is 5.69 Å².